The molecule has 0 atom stereocenters. The molecule has 0 saturated heterocycles. The van der Waals surface area contributed by atoms with Crippen LogP contribution in [0.2, 0.25) is 0 Å². The fourth-order valence-electron chi connectivity index (χ4n) is 2.23. The van der Waals surface area contributed by atoms with E-state index in [1.54, 1.807) is 0 Å². The van der Waals surface area contributed by atoms with Crippen molar-refractivity contribution in [2.24, 2.45) is 17.7 Å². The summed E-state index contributed by atoms with van der Waals surface area (Å²) in [5.74, 6) is 7.23. The predicted molar refractivity (Wildman–Crippen MR) is 52.5 cm³/mol. The van der Waals surface area contributed by atoms with Gasteiger partial charge in [-0.25, -0.2) is 0 Å². The largest absolute Gasteiger partial charge is 0.271 e. The van der Waals surface area contributed by atoms with Gasteiger partial charge in [0.25, 0.3) is 0 Å². The van der Waals surface area contributed by atoms with Crippen LogP contribution < -0.4 is 11.3 Å². The Balaban J connectivity index is 2.17. The molecule has 0 aromatic carbocycles. The number of rotatable bonds is 3. The molecule has 12 heavy (non-hydrogen) atoms. The molecule has 1 aliphatic rings. The summed E-state index contributed by atoms with van der Waals surface area (Å²) in [6, 6.07) is 0.591. The Morgan fingerprint density at radius 1 is 1.25 bits per heavy atom. The van der Waals surface area contributed by atoms with Crippen molar-refractivity contribution in [3.8, 4) is 0 Å². The van der Waals surface area contributed by atoms with Crippen molar-refractivity contribution in [2.45, 2.75) is 52.0 Å². The maximum Gasteiger partial charge on any atom is 0.0210 e. The second-order valence-electron chi connectivity index (χ2n) is 4.51. The van der Waals surface area contributed by atoms with E-state index < -0.39 is 0 Å². The summed E-state index contributed by atoms with van der Waals surface area (Å²) in [6.07, 6.45) is 6.68. The minimum absolute atomic E-state index is 0.591. The van der Waals surface area contributed by atoms with Crippen LogP contribution in [0, 0.1) is 11.8 Å². The smallest absolute Gasteiger partial charge is 0.0210 e. The molecule has 0 amide bonds. The van der Waals surface area contributed by atoms with Crippen molar-refractivity contribution in [2.75, 3.05) is 0 Å². The quantitative estimate of drug-likeness (QED) is 0.502. The molecule has 1 fully saturated rings. The highest BCUT2D eigenvalue weighted by Crippen LogP contribution is 2.28. The van der Waals surface area contributed by atoms with E-state index in [9.17, 15) is 0 Å². The first-order valence-electron chi connectivity index (χ1n) is 5.18. The van der Waals surface area contributed by atoms with Crippen LogP contribution in [0.4, 0.5) is 0 Å². The van der Waals surface area contributed by atoms with Crippen LogP contribution in [-0.2, 0) is 0 Å². The van der Waals surface area contributed by atoms with E-state index in [1.165, 1.54) is 32.1 Å². The molecule has 0 bridgehead atoms. The van der Waals surface area contributed by atoms with Gasteiger partial charge in [-0.3, -0.25) is 11.3 Å². The zero-order valence-electron chi connectivity index (χ0n) is 8.34. The Hall–Kier alpha value is -0.0800. The van der Waals surface area contributed by atoms with Crippen molar-refractivity contribution in [3.63, 3.8) is 0 Å². The first-order valence-corrected chi connectivity index (χ1v) is 5.18. The van der Waals surface area contributed by atoms with Crippen LogP contribution in [0.15, 0.2) is 0 Å². The van der Waals surface area contributed by atoms with Crippen LogP contribution in [0.3, 0.4) is 0 Å². The lowest BCUT2D eigenvalue weighted by molar-refractivity contribution is 0.261. The molecular weight excluding hydrogens is 148 g/mol. The predicted octanol–water partition coefficient (Wildman–Crippen LogP) is 2.05. The van der Waals surface area contributed by atoms with Gasteiger partial charge in [-0.1, -0.05) is 13.8 Å². The fraction of sp³-hybridized carbons (Fsp3) is 1.00. The maximum absolute atomic E-state index is 5.40. The molecule has 0 aliphatic heterocycles. The second-order valence-corrected chi connectivity index (χ2v) is 4.51. The third-order valence-electron chi connectivity index (χ3n) is 2.89. The Kier molecular flexibility index (Phi) is 4.02. The van der Waals surface area contributed by atoms with E-state index in [4.69, 9.17) is 5.84 Å². The van der Waals surface area contributed by atoms with E-state index >= 15 is 0 Å². The molecule has 0 unspecified atom stereocenters. The molecule has 72 valence electrons. The minimum atomic E-state index is 0.591. The number of nitrogens with one attached hydrogen (secondary N) is 1. The monoisotopic (exact) mass is 170 g/mol. The third kappa shape index (κ3) is 3.11. The summed E-state index contributed by atoms with van der Waals surface area (Å²) >= 11 is 0. The maximum atomic E-state index is 5.40. The average Bonchev–Trinajstić information content (AvgIpc) is 2.05. The van der Waals surface area contributed by atoms with Gasteiger partial charge in [0, 0.05) is 6.04 Å². The SMILES string of the molecule is CC(C)CC1CCC(NN)CC1. The van der Waals surface area contributed by atoms with Gasteiger partial charge in [0.15, 0.2) is 0 Å². The molecule has 2 nitrogen and oxygen atoms in total. The van der Waals surface area contributed by atoms with Crippen LogP contribution >= 0.6 is 0 Å². The third-order valence-corrected chi connectivity index (χ3v) is 2.89. The zero-order chi connectivity index (χ0) is 8.97. The van der Waals surface area contributed by atoms with Crippen molar-refractivity contribution in [1.29, 1.82) is 0 Å². The molecule has 0 aromatic heterocycles. The summed E-state index contributed by atoms with van der Waals surface area (Å²) in [5, 5.41) is 0. The summed E-state index contributed by atoms with van der Waals surface area (Å²) < 4.78 is 0. The Bertz CT molecular complexity index is 115. The normalized spacial score (nSPS) is 31.0. The molecule has 1 aliphatic carbocycles. The molecule has 1 saturated carbocycles. The molecule has 0 heterocycles. The Morgan fingerprint density at radius 2 is 1.83 bits per heavy atom. The lowest BCUT2D eigenvalue weighted by Crippen LogP contribution is -2.38. The van der Waals surface area contributed by atoms with E-state index in [-0.39, 0.29) is 0 Å². The van der Waals surface area contributed by atoms with Crippen molar-refractivity contribution >= 4 is 0 Å². The van der Waals surface area contributed by atoms with Crippen molar-refractivity contribution < 1.29 is 0 Å². The van der Waals surface area contributed by atoms with Crippen LogP contribution in [0.1, 0.15) is 46.0 Å². The van der Waals surface area contributed by atoms with Crippen LogP contribution in [-0.4, -0.2) is 6.04 Å². The Labute approximate surface area is 75.9 Å². The zero-order valence-corrected chi connectivity index (χ0v) is 8.34. The van der Waals surface area contributed by atoms with E-state index in [0.29, 0.717) is 6.04 Å². The number of nitrogens with two attached hydrogens (primary N) is 1. The van der Waals surface area contributed by atoms with Gasteiger partial charge < -0.3 is 0 Å². The van der Waals surface area contributed by atoms with Gasteiger partial charge in [0.2, 0.25) is 0 Å². The number of hydrazine groups is 1. The molecule has 0 radical (unpaired) electrons. The highest BCUT2D eigenvalue weighted by molar-refractivity contribution is 4.75. The summed E-state index contributed by atoms with van der Waals surface area (Å²) in [6.45, 7) is 4.63. The number of hydrogen-bond acceptors (Lipinski definition) is 2. The van der Waals surface area contributed by atoms with Gasteiger partial charge >= 0.3 is 0 Å². The highest BCUT2D eigenvalue weighted by atomic mass is 15.2. The summed E-state index contributed by atoms with van der Waals surface area (Å²) in [5.41, 5.74) is 2.88. The molecule has 0 spiro atoms. The molecule has 2 heteroatoms. The lowest BCUT2D eigenvalue weighted by atomic mass is 9.82. The van der Waals surface area contributed by atoms with E-state index in [1.807, 2.05) is 0 Å². The minimum Gasteiger partial charge on any atom is -0.271 e. The van der Waals surface area contributed by atoms with E-state index in [2.05, 4.69) is 19.3 Å². The molecular formula is C10H22N2. The van der Waals surface area contributed by atoms with Gasteiger partial charge in [-0.05, 0) is 43.9 Å². The van der Waals surface area contributed by atoms with E-state index in [0.717, 1.165) is 11.8 Å². The Morgan fingerprint density at radius 3 is 2.25 bits per heavy atom. The van der Waals surface area contributed by atoms with Crippen molar-refractivity contribution in [3.05, 3.63) is 0 Å². The topological polar surface area (TPSA) is 38.0 Å². The first kappa shape index (κ1) is 10.0. The van der Waals surface area contributed by atoms with Gasteiger partial charge in [-0.2, -0.15) is 0 Å². The van der Waals surface area contributed by atoms with Gasteiger partial charge in [0.05, 0.1) is 0 Å². The standard InChI is InChI=1S/C10H22N2/c1-8(2)7-9-3-5-10(12-11)6-4-9/h8-10,12H,3-7,11H2,1-2H3. The van der Waals surface area contributed by atoms with Crippen LogP contribution in [0.5, 0.6) is 0 Å². The highest BCUT2D eigenvalue weighted by Gasteiger charge is 2.20. The van der Waals surface area contributed by atoms with Gasteiger partial charge in [0.1, 0.15) is 0 Å². The molecule has 3 N–H and O–H groups in total. The summed E-state index contributed by atoms with van der Waals surface area (Å²) in [4.78, 5) is 0. The number of hydrogen-bond donors (Lipinski definition) is 2. The lowest BCUT2D eigenvalue weighted by Gasteiger charge is -2.28. The fourth-order valence-corrected chi connectivity index (χ4v) is 2.23. The molecule has 1 rings (SSSR count). The van der Waals surface area contributed by atoms with Crippen molar-refractivity contribution in [1.82, 2.24) is 5.43 Å². The second kappa shape index (κ2) is 4.83. The first-order chi connectivity index (χ1) is 5.72. The summed E-state index contributed by atoms with van der Waals surface area (Å²) in [7, 11) is 0. The average molecular weight is 170 g/mol. The van der Waals surface area contributed by atoms with Crippen LogP contribution in [0.25, 0.3) is 0 Å². The molecule has 0 aromatic rings. The van der Waals surface area contributed by atoms with Gasteiger partial charge in [-0.15, -0.1) is 0 Å².